The molecule has 2 heterocycles. The first-order valence-electron chi connectivity index (χ1n) is 12.5. The highest BCUT2D eigenvalue weighted by molar-refractivity contribution is 5.82. The molecule has 0 aromatic heterocycles. The van der Waals surface area contributed by atoms with E-state index in [-0.39, 0.29) is 42.5 Å². The molecule has 0 unspecified atom stereocenters. The van der Waals surface area contributed by atoms with Crippen molar-refractivity contribution in [1.82, 2.24) is 10.2 Å². The Labute approximate surface area is 195 Å². The zero-order valence-corrected chi connectivity index (χ0v) is 19.4. The summed E-state index contributed by atoms with van der Waals surface area (Å²) in [5, 5.41) is 3.15. The summed E-state index contributed by atoms with van der Waals surface area (Å²) in [4.78, 5) is 27.4. The van der Waals surface area contributed by atoms with Crippen LogP contribution in [-0.2, 0) is 19.1 Å². The summed E-state index contributed by atoms with van der Waals surface area (Å²) in [5.41, 5.74) is 0.759. The lowest BCUT2D eigenvalue weighted by atomic mass is 9.81. The van der Waals surface area contributed by atoms with E-state index in [0.717, 1.165) is 25.7 Å². The summed E-state index contributed by atoms with van der Waals surface area (Å²) in [7, 11) is 0. The smallest absolute Gasteiger partial charge is 0.246 e. The molecule has 2 amide bonds. The van der Waals surface area contributed by atoms with Crippen LogP contribution in [0.5, 0.6) is 0 Å². The van der Waals surface area contributed by atoms with Crippen molar-refractivity contribution >= 4 is 11.8 Å². The summed E-state index contributed by atoms with van der Waals surface area (Å²) in [6, 6.07) is 10.3. The molecule has 6 nitrogen and oxygen atoms in total. The molecule has 2 saturated carbocycles. The van der Waals surface area contributed by atoms with E-state index < -0.39 is 11.7 Å². The van der Waals surface area contributed by atoms with E-state index in [0.29, 0.717) is 38.4 Å². The number of morpholine rings is 1. The second-order valence-electron chi connectivity index (χ2n) is 10.5. The minimum atomic E-state index is -0.877. The van der Waals surface area contributed by atoms with Crippen molar-refractivity contribution in [2.45, 2.75) is 87.7 Å². The van der Waals surface area contributed by atoms with Gasteiger partial charge in [0, 0.05) is 12.0 Å². The molecule has 1 spiro atoms. The van der Waals surface area contributed by atoms with Crippen LogP contribution in [0.25, 0.3) is 0 Å². The molecule has 2 saturated heterocycles. The SMILES string of the molecule is C[C@@H]1C[C@@]2(COCC(=O)N2)[C@H](CO[C@H]2CC[C@@H](c3ccccc3)CC2)N1C(=O)[C@H]1C[C@@H](F)C1. The Bertz CT molecular complexity index is 853. The first-order valence-corrected chi connectivity index (χ1v) is 12.5. The highest BCUT2D eigenvalue weighted by Crippen LogP contribution is 2.41. The fourth-order valence-corrected chi connectivity index (χ4v) is 6.39. The van der Waals surface area contributed by atoms with Gasteiger partial charge < -0.3 is 19.7 Å². The fraction of sp³-hybridized carbons (Fsp3) is 0.692. The lowest BCUT2D eigenvalue weighted by Gasteiger charge is -2.43. The Kier molecular flexibility index (Phi) is 6.45. The third-order valence-corrected chi connectivity index (χ3v) is 8.21. The molecule has 2 aliphatic carbocycles. The molecule has 4 fully saturated rings. The van der Waals surface area contributed by atoms with Crippen molar-refractivity contribution in [2.75, 3.05) is 19.8 Å². The van der Waals surface area contributed by atoms with Crippen LogP contribution < -0.4 is 5.32 Å². The molecule has 1 aromatic rings. The summed E-state index contributed by atoms with van der Waals surface area (Å²) in [6.45, 7) is 2.80. The van der Waals surface area contributed by atoms with Gasteiger partial charge in [0.2, 0.25) is 11.8 Å². The summed E-state index contributed by atoms with van der Waals surface area (Å²) < 4.78 is 25.5. The highest BCUT2D eigenvalue weighted by Gasteiger charge is 2.56. The number of nitrogens with zero attached hydrogens (tertiary/aromatic N) is 1. The molecule has 180 valence electrons. The molecule has 0 radical (unpaired) electrons. The topological polar surface area (TPSA) is 67.9 Å². The predicted octanol–water partition coefficient (Wildman–Crippen LogP) is 3.35. The van der Waals surface area contributed by atoms with E-state index >= 15 is 0 Å². The van der Waals surface area contributed by atoms with Gasteiger partial charge in [-0.05, 0) is 63.4 Å². The maximum Gasteiger partial charge on any atom is 0.246 e. The fourth-order valence-electron chi connectivity index (χ4n) is 6.39. The molecule has 4 aliphatic rings. The maximum absolute atomic E-state index is 13.5. The second-order valence-corrected chi connectivity index (χ2v) is 10.5. The molecule has 33 heavy (non-hydrogen) atoms. The van der Waals surface area contributed by atoms with Gasteiger partial charge >= 0.3 is 0 Å². The van der Waals surface area contributed by atoms with Crippen LogP contribution in [0.4, 0.5) is 4.39 Å². The number of likely N-dealkylation sites (tertiary alicyclic amines) is 1. The van der Waals surface area contributed by atoms with Crippen LogP contribution in [0.1, 0.15) is 63.4 Å². The van der Waals surface area contributed by atoms with Crippen LogP contribution in [0, 0.1) is 5.92 Å². The first-order chi connectivity index (χ1) is 15.9. The number of rotatable bonds is 5. The Hall–Kier alpha value is -1.99. The zero-order chi connectivity index (χ0) is 23.0. The second kappa shape index (κ2) is 9.34. The molecule has 1 aromatic carbocycles. The van der Waals surface area contributed by atoms with Crippen LogP contribution in [-0.4, -0.2) is 66.4 Å². The average Bonchev–Trinajstić information content (AvgIpc) is 3.05. The van der Waals surface area contributed by atoms with Crippen LogP contribution in [0.15, 0.2) is 30.3 Å². The highest BCUT2D eigenvalue weighted by atomic mass is 19.1. The largest absolute Gasteiger partial charge is 0.376 e. The Morgan fingerprint density at radius 1 is 1.21 bits per heavy atom. The summed E-state index contributed by atoms with van der Waals surface area (Å²) in [6.07, 6.45) is 4.64. The van der Waals surface area contributed by atoms with E-state index in [1.165, 1.54) is 5.56 Å². The van der Waals surface area contributed by atoms with Crippen molar-refractivity contribution in [3.63, 3.8) is 0 Å². The zero-order valence-electron chi connectivity index (χ0n) is 19.4. The van der Waals surface area contributed by atoms with E-state index in [9.17, 15) is 14.0 Å². The number of benzene rings is 1. The lowest BCUT2D eigenvalue weighted by Crippen LogP contribution is -2.65. The van der Waals surface area contributed by atoms with Crippen LogP contribution >= 0.6 is 0 Å². The summed E-state index contributed by atoms with van der Waals surface area (Å²) in [5.74, 6) is 0.153. The quantitative estimate of drug-likeness (QED) is 0.735. The van der Waals surface area contributed by atoms with E-state index in [4.69, 9.17) is 9.47 Å². The number of hydrogen-bond acceptors (Lipinski definition) is 4. The number of amides is 2. The van der Waals surface area contributed by atoms with Gasteiger partial charge in [0.1, 0.15) is 12.8 Å². The van der Waals surface area contributed by atoms with Gasteiger partial charge in [0.05, 0.1) is 30.9 Å². The van der Waals surface area contributed by atoms with Crippen molar-refractivity contribution < 1.29 is 23.5 Å². The molecule has 0 bridgehead atoms. The molecule has 7 heteroatoms. The Morgan fingerprint density at radius 3 is 2.61 bits per heavy atom. The lowest BCUT2D eigenvalue weighted by molar-refractivity contribution is -0.150. The summed E-state index contributed by atoms with van der Waals surface area (Å²) >= 11 is 0. The number of carbonyl (C=O) groups excluding carboxylic acids is 2. The van der Waals surface area contributed by atoms with Crippen molar-refractivity contribution in [3.8, 4) is 0 Å². The van der Waals surface area contributed by atoms with Crippen LogP contribution in [0.2, 0.25) is 0 Å². The normalized spacial score (nSPS) is 38.7. The molecule has 5 rings (SSSR count). The molecule has 1 N–H and O–H groups in total. The van der Waals surface area contributed by atoms with Gasteiger partial charge in [-0.15, -0.1) is 0 Å². The number of carbonyl (C=O) groups is 2. The number of alkyl halides is 1. The minimum absolute atomic E-state index is 0.00511. The third-order valence-electron chi connectivity index (χ3n) is 8.21. The van der Waals surface area contributed by atoms with E-state index in [2.05, 4.69) is 35.6 Å². The maximum atomic E-state index is 13.5. The van der Waals surface area contributed by atoms with Gasteiger partial charge in [-0.2, -0.15) is 0 Å². The van der Waals surface area contributed by atoms with Gasteiger partial charge in [-0.3, -0.25) is 9.59 Å². The first kappa shape index (κ1) is 22.8. The van der Waals surface area contributed by atoms with Crippen molar-refractivity contribution in [3.05, 3.63) is 35.9 Å². The number of halogens is 1. The minimum Gasteiger partial charge on any atom is -0.376 e. The molecular weight excluding hydrogens is 423 g/mol. The standard InChI is InChI=1S/C26H35FN2O4/c1-17-13-26(16-32-15-24(30)28-26)23(29(17)25(31)20-11-21(27)12-20)14-33-22-9-7-19(8-10-22)18-5-3-2-4-6-18/h2-6,17,19-23H,7-16H2,1H3,(H,28,30)/t17-,19-,20-,21+,22+,23+,26-/m1/s1. The third kappa shape index (κ3) is 4.54. The van der Waals surface area contributed by atoms with Crippen molar-refractivity contribution in [1.29, 1.82) is 0 Å². The Balaban J connectivity index is 1.26. The van der Waals surface area contributed by atoms with E-state index in [1.54, 1.807) is 0 Å². The number of hydrogen-bond donors (Lipinski definition) is 1. The predicted molar refractivity (Wildman–Crippen MR) is 121 cm³/mol. The molecular formula is C26H35FN2O4. The molecule has 3 atom stereocenters. The van der Waals surface area contributed by atoms with Gasteiger partial charge in [-0.25, -0.2) is 4.39 Å². The van der Waals surface area contributed by atoms with Gasteiger partial charge in [0.15, 0.2) is 0 Å². The van der Waals surface area contributed by atoms with Gasteiger partial charge in [-0.1, -0.05) is 30.3 Å². The van der Waals surface area contributed by atoms with Crippen LogP contribution in [0.3, 0.4) is 0 Å². The number of nitrogens with one attached hydrogen (secondary N) is 1. The Morgan fingerprint density at radius 2 is 1.94 bits per heavy atom. The van der Waals surface area contributed by atoms with Crippen molar-refractivity contribution in [2.24, 2.45) is 5.92 Å². The average molecular weight is 459 g/mol. The monoisotopic (exact) mass is 458 g/mol. The number of ether oxygens (including phenoxy) is 2. The molecule has 2 aliphatic heterocycles. The van der Waals surface area contributed by atoms with Gasteiger partial charge in [0.25, 0.3) is 0 Å². The van der Waals surface area contributed by atoms with E-state index in [1.807, 2.05) is 11.8 Å².